The van der Waals surface area contributed by atoms with Crippen molar-refractivity contribution >= 4 is 21.6 Å². The minimum atomic E-state index is -4.32. The summed E-state index contributed by atoms with van der Waals surface area (Å²) in [5.41, 5.74) is -0.409. The molecule has 2 atom stereocenters. The molecule has 100 valence electrons. The first-order valence-corrected chi connectivity index (χ1v) is 6.84. The van der Waals surface area contributed by atoms with E-state index in [1.807, 2.05) is 0 Å². The Kier molecular flexibility index (Phi) is 3.90. The minimum Gasteiger partial charge on any atom is -0.382 e. The predicted molar refractivity (Wildman–Crippen MR) is 69.6 cm³/mol. The van der Waals surface area contributed by atoms with Gasteiger partial charge in [-0.1, -0.05) is 29.3 Å². The predicted octanol–water partition coefficient (Wildman–Crippen LogP) is 5.07. The molecule has 0 amide bonds. The molecule has 1 aromatic carbocycles. The Balaban J connectivity index is 2.13. The normalized spacial score (nSPS) is 22.9. The van der Waals surface area contributed by atoms with Crippen LogP contribution in [0.4, 0.5) is 18.9 Å². The molecule has 1 N–H and O–H groups in total. The van der Waals surface area contributed by atoms with Crippen molar-refractivity contribution in [1.29, 1.82) is 0 Å². The van der Waals surface area contributed by atoms with Gasteiger partial charge >= 0.3 is 6.18 Å². The quantitative estimate of drug-likeness (QED) is 0.816. The van der Waals surface area contributed by atoms with Crippen LogP contribution in [0.25, 0.3) is 0 Å². The lowest BCUT2D eigenvalue weighted by Gasteiger charge is -2.15. The van der Waals surface area contributed by atoms with Crippen molar-refractivity contribution < 1.29 is 13.2 Å². The molecule has 0 radical (unpaired) electrons. The van der Waals surface area contributed by atoms with Gasteiger partial charge in [0.2, 0.25) is 0 Å². The second kappa shape index (κ2) is 5.11. The standard InChI is InChI=1S/C13H15BrF3N/c1-2-3-8-6-12(8)18-11-5-4-9(14)7-10(11)13(15,16)17/h4-5,7-8,12,18H,2-3,6H2,1H3. The van der Waals surface area contributed by atoms with Gasteiger partial charge in [-0.05, 0) is 37.0 Å². The first kappa shape index (κ1) is 13.7. The molecule has 5 heteroatoms. The van der Waals surface area contributed by atoms with E-state index in [1.54, 1.807) is 6.07 Å². The van der Waals surface area contributed by atoms with Crippen LogP contribution in [0.15, 0.2) is 22.7 Å². The molecule has 0 aromatic heterocycles. The van der Waals surface area contributed by atoms with Crippen LogP contribution in [-0.2, 0) is 6.18 Å². The van der Waals surface area contributed by atoms with E-state index in [0.29, 0.717) is 10.4 Å². The van der Waals surface area contributed by atoms with E-state index in [2.05, 4.69) is 28.2 Å². The van der Waals surface area contributed by atoms with Gasteiger partial charge in [0.05, 0.1) is 5.56 Å². The second-order valence-corrected chi connectivity index (χ2v) is 5.64. The van der Waals surface area contributed by atoms with Gasteiger partial charge in [0.25, 0.3) is 0 Å². The van der Waals surface area contributed by atoms with E-state index in [1.165, 1.54) is 6.07 Å². The molecule has 0 saturated heterocycles. The zero-order chi connectivity index (χ0) is 13.3. The van der Waals surface area contributed by atoms with Crippen LogP contribution in [-0.4, -0.2) is 6.04 Å². The lowest BCUT2D eigenvalue weighted by atomic mass is 10.1. The van der Waals surface area contributed by atoms with Crippen molar-refractivity contribution in [2.45, 2.75) is 38.4 Å². The van der Waals surface area contributed by atoms with Crippen molar-refractivity contribution in [2.24, 2.45) is 5.92 Å². The second-order valence-electron chi connectivity index (χ2n) is 4.72. The van der Waals surface area contributed by atoms with Crippen LogP contribution in [0.1, 0.15) is 31.7 Å². The zero-order valence-corrected chi connectivity index (χ0v) is 11.6. The van der Waals surface area contributed by atoms with Gasteiger partial charge in [0, 0.05) is 16.2 Å². The number of hydrogen-bond donors (Lipinski definition) is 1. The first-order valence-electron chi connectivity index (χ1n) is 6.05. The van der Waals surface area contributed by atoms with Crippen LogP contribution in [0.2, 0.25) is 0 Å². The van der Waals surface area contributed by atoms with E-state index >= 15 is 0 Å². The third-order valence-electron chi connectivity index (χ3n) is 3.21. The van der Waals surface area contributed by atoms with Gasteiger partial charge in [-0.25, -0.2) is 0 Å². The molecular weight excluding hydrogens is 307 g/mol. The van der Waals surface area contributed by atoms with Crippen LogP contribution in [0.5, 0.6) is 0 Å². The molecular formula is C13H15BrF3N. The number of alkyl halides is 3. The fourth-order valence-electron chi connectivity index (χ4n) is 2.19. The third kappa shape index (κ3) is 3.19. The van der Waals surface area contributed by atoms with E-state index in [0.717, 1.165) is 25.3 Å². The molecule has 0 heterocycles. The minimum absolute atomic E-state index is 0.189. The molecule has 2 rings (SSSR count). The number of nitrogens with one attached hydrogen (secondary N) is 1. The Hall–Kier alpha value is -0.710. The Morgan fingerprint density at radius 3 is 2.72 bits per heavy atom. The highest BCUT2D eigenvalue weighted by Gasteiger charge is 2.39. The van der Waals surface area contributed by atoms with Crippen molar-refractivity contribution in [2.75, 3.05) is 5.32 Å². The fourth-order valence-corrected chi connectivity index (χ4v) is 2.55. The molecule has 0 aliphatic heterocycles. The van der Waals surface area contributed by atoms with Crippen molar-refractivity contribution in [3.8, 4) is 0 Å². The number of anilines is 1. The van der Waals surface area contributed by atoms with E-state index in [9.17, 15) is 13.2 Å². The largest absolute Gasteiger partial charge is 0.418 e. The van der Waals surface area contributed by atoms with Gasteiger partial charge in [-0.3, -0.25) is 0 Å². The summed E-state index contributed by atoms with van der Waals surface area (Å²) in [7, 11) is 0. The Morgan fingerprint density at radius 1 is 1.39 bits per heavy atom. The number of benzene rings is 1. The molecule has 1 nitrogen and oxygen atoms in total. The zero-order valence-electron chi connectivity index (χ0n) is 10.0. The summed E-state index contributed by atoms with van der Waals surface area (Å²) in [6, 6.07) is 4.45. The number of rotatable bonds is 4. The van der Waals surface area contributed by atoms with Crippen molar-refractivity contribution in [3.05, 3.63) is 28.2 Å². The van der Waals surface area contributed by atoms with E-state index in [4.69, 9.17) is 0 Å². The molecule has 1 saturated carbocycles. The Bertz CT molecular complexity index is 431. The summed E-state index contributed by atoms with van der Waals surface area (Å²) < 4.78 is 39.1. The Morgan fingerprint density at radius 2 is 2.11 bits per heavy atom. The van der Waals surface area contributed by atoms with E-state index < -0.39 is 11.7 Å². The van der Waals surface area contributed by atoms with Gasteiger partial charge in [-0.2, -0.15) is 13.2 Å². The van der Waals surface area contributed by atoms with Crippen molar-refractivity contribution in [3.63, 3.8) is 0 Å². The molecule has 0 spiro atoms. The highest BCUT2D eigenvalue weighted by molar-refractivity contribution is 9.10. The van der Waals surface area contributed by atoms with Gasteiger partial charge in [0.1, 0.15) is 0 Å². The van der Waals surface area contributed by atoms with Crippen LogP contribution in [0, 0.1) is 5.92 Å². The molecule has 1 aliphatic rings. The molecule has 1 aromatic rings. The van der Waals surface area contributed by atoms with Crippen molar-refractivity contribution in [1.82, 2.24) is 0 Å². The number of halogens is 4. The maximum atomic E-state index is 12.9. The van der Waals surface area contributed by atoms with Gasteiger partial charge in [-0.15, -0.1) is 0 Å². The molecule has 1 fully saturated rings. The fraction of sp³-hybridized carbons (Fsp3) is 0.538. The average molecular weight is 322 g/mol. The number of hydrogen-bond acceptors (Lipinski definition) is 1. The summed E-state index contributed by atoms with van der Waals surface area (Å²) in [4.78, 5) is 0. The van der Waals surface area contributed by atoms with Gasteiger partial charge in [0.15, 0.2) is 0 Å². The average Bonchev–Trinajstić information content (AvgIpc) is 2.98. The molecule has 2 unspecified atom stereocenters. The summed E-state index contributed by atoms with van der Waals surface area (Å²) in [6.45, 7) is 2.09. The summed E-state index contributed by atoms with van der Waals surface area (Å²) >= 11 is 3.08. The Labute approximate surface area is 113 Å². The highest BCUT2D eigenvalue weighted by atomic mass is 79.9. The monoisotopic (exact) mass is 321 g/mol. The van der Waals surface area contributed by atoms with Crippen LogP contribution < -0.4 is 5.32 Å². The van der Waals surface area contributed by atoms with Crippen LogP contribution >= 0.6 is 15.9 Å². The summed E-state index contributed by atoms with van der Waals surface area (Å²) in [5.74, 6) is 0.528. The lowest BCUT2D eigenvalue weighted by Crippen LogP contribution is -2.13. The maximum Gasteiger partial charge on any atom is 0.418 e. The van der Waals surface area contributed by atoms with E-state index in [-0.39, 0.29) is 11.7 Å². The maximum absolute atomic E-state index is 12.9. The topological polar surface area (TPSA) is 12.0 Å². The highest BCUT2D eigenvalue weighted by Crippen LogP contribution is 2.41. The molecule has 1 aliphatic carbocycles. The molecule has 0 bridgehead atoms. The summed E-state index contributed by atoms with van der Waals surface area (Å²) in [5, 5.41) is 3.01. The SMILES string of the molecule is CCCC1CC1Nc1ccc(Br)cc1C(F)(F)F. The summed E-state index contributed by atoms with van der Waals surface area (Å²) in [6.07, 6.45) is -1.19. The lowest BCUT2D eigenvalue weighted by molar-refractivity contribution is -0.137. The molecule has 18 heavy (non-hydrogen) atoms. The van der Waals surface area contributed by atoms with Crippen LogP contribution in [0.3, 0.4) is 0 Å². The van der Waals surface area contributed by atoms with Gasteiger partial charge < -0.3 is 5.32 Å². The first-order chi connectivity index (χ1) is 8.41. The third-order valence-corrected chi connectivity index (χ3v) is 3.70. The smallest absolute Gasteiger partial charge is 0.382 e.